The SMILES string of the molecule is c1cncc(-c2ccc(-c3nc4c5ccccc5c5ccccc5c4c4c3ccc3ccccc34)cc2)c1. The van der Waals surface area contributed by atoms with Gasteiger partial charge in [-0.2, -0.15) is 0 Å². The Hall–Kier alpha value is -5.08. The minimum absolute atomic E-state index is 1.01. The van der Waals surface area contributed by atoms with Crippen LogP contribution >= 0.6 is 0 Å². The number of benzene rings is 6. The Morgan fingerprint density at radius 3 is 1.82 bits per heavy atom. The lowest BCUT2D eigenvalue weighted by molar-refractivity contribution is 1.33. The molecule has 2 heterocycles. The van der Waals surface area contributed by atoms with E-state index in [-0.39, 0.29) is 0 Å². The first-order chi connectivity index (χ1) is 18.9. The van der Waals surface area contributed by atoms with Crippen LogP contribution in [0.4, 0.5) is 0 Å². The highest BCUT2D eigenvalue weighted by atomic mass is 14.7. The first kappa shape index (κ1) is 21.0. The molecule has 0 unspecified atom stereocenters. The monoisotopic (exact) mass is 482 g/mol. The molecule has 0 amide bonds. The second-order valence-corrected chi connectivity index (χ2v) is 9.80. The van der Waals surface area contributed by atoms with Gasteiger partial charge in [-0.3, -0.25) is 4.98 Å². The van der Waals surface area contributed by atoms with Crippen LogP contribution in [0, 0.1) is 0 Å². The summed E-state index contributed by atoms with van der Waals surface area (Å²) in [7, 11) is 0. The van der Waals surface area contributed by atoms with Crippen LogP contribution in [0.3, 0.4) is 0 Å². The fourth-order valence-corrected chi connectivity index (χ4v) is 5.98. The predicted molar refractivity (Wildman–Crippen MR) is 160 cm³/mol. The van der Waals surface area contributed by atoms with Gasteiger partial charge >= 0.3 is 0 Å². The van der Waals surface area contributed by atoms with Crippen molar-refractivity contribution in [2.45, 2.75) is 0 Å². The zero-order chi connectivity index (χ0) is 25.1. The molecule has 0 saturated carbocycles. The molecule has 6 aromatic carbocycles. The molecule has 2 nitrogen and oxygen atoms in total. The molecule has 176 valence electrons. The summed E-state index contributed by atoms with van der Waals surface area (Å²) in [5.74, 6) is 0. The van der Waals surface area contributed by atoms with Crippen molar-refractivity contribution in [3.05, 3.63) is 134 Å². The van der Waals surface area contributed by atoms with Crippen LogP contribution in [0.5, 0.6) is 0 Å². The number of fused-ring (bicyclic) bond motifs is 10. The van der Waals surface area contributed by atoms with Crippen LogP contribution in [-0.4, -0.2) is 9.97 Å². The molecule has 38 heavy (non-hydrogen) atoms. The van der Waals surface area contributed by atoms with Crippen LogP contribution in [-0.2, 0) is 0 Å². The molecule has 8 aromatic rings. The third kappa shape index (κ3) is 3.07. The van der Waals surface area contributed by atoms with Gasteiger partial charge in [-0.1, -0.05) is 115 Å². The van der Waals surface area contributed by atoms with E-state index in [2.05, 4.69) is 120 Å². The van der Waals surface area contributed by atoms with Gasteiger partial charge in [0.05, 0.1) is 11.2 Å². The number of pyridine rings is 2. The zero-order valence-electron chi connectivity index (χ0n) is 20.6. The lowest BCUT2D eigenvalue weighted by atomic mass is 9.90. The van der Waals surface area contributed by atoms with E-state index < -0.39 is 0 Å². The van der Waals surface area contributed by atoms with Crippen LogP contribution in [0.2, 0.25) is 0 Å². The second-order valence-electron chi connectivity index (χ2n) is 9.80. The molecule has 0 aliphatic heterocycles. The Morgan fingerprint density at radius 1 is 0.395 bits per heavy atom. The third-order valence-electron chi connectivity index (χ3n) is 7.72. The number of aromatic nitrogens is 2. The lowest BCUT2D eigenvalue weighted by Gasteiger charge is -2.17. The van der Waals surface area contributed by atoms with E-state index >= 15 is 0 Å². The average Bonchev–Trinajstić information content (AvgIpc) is 3.01. The molecular weight excluding hydrogens is 460 g/mol. The molecule has 2 heteroatoms. The summed E-state index contributed by atoms with van der Waals surface area (Å²) >= 11 is 0. The standard InChI is InChI=1S/C36H22N2/c1-2-10-27-24(8-1)19-20-32-33(27)34-30-13-5-3-11-28(30)29-12-4-6-14-31(29)36(34)38-35(32)25-17-15-23(16-18-25)26-9-7-21-37-22-26/h1-22H. The molecule has 0 aliphatic carbocycles. The van der Waals surface area contributed by atoms with Crippen molar-refractivity contribution in [3.8, 4) is 22.4 Å². The van der Waals surface area contributed by atoms with Gasteiger partial charge in [-0.15, -0.1) is 0 Å². The van der Waals surface area contributed by atoms with Gasteiger partial charge in [0.1, 0.15) is 0 Å². The summed E-state index contributed by atoms with van der Waals surface area (Å²) in [4.78, 5) is 9.74. The third-order valence-corrected chi connectivity index (χ3v) is 7.72. The van der Waals surface area contributed by atoms with E-state index in [1.54, 1.807) is 6.20 Å². The molecular formula is C36H22N2. The Balaban J connectivity index is 1.55. The van der Waals surface area contributed by atoms with Gasteiger partial charge < -0.3 is 0 Å². The van der Waals surface area contributed by atoms with Crippen LogP contribution < -0.4 is 0 Å². The van der Waals surface area contributed by atoms with E-state index in [0.717, 1.165) is 27.9 Å². The largest absolute Gasteiger partial charge is 0.264 e. The maximum atomic E-state index is 5.45. The predicted octanol–water partition coefficient (Wildman–Crippen LogP) is 9.58. The molecule has 0 N–H and O–H groups in total. The molecule has 0 bridgehead atoms. The smallest absolute Gasteiger partial charge is 0.0801 e. The molecule has 0 fully saturated rings. The Kier molecular flexibility index (Phi) is 4.55. The molecule has 0 spiro atoms. The molecule has 0 saturated heterocycles. The van der Waals surface area contributed by atoms with Crippen molar-refractivity contribution in [1.29, 1.82) is 0 Å². The molecule has 0 aliphatic rings. The molecule has 8 rings (SSSR count). The first-order valence-corrected chi connectivity index (χ1v) is 12.9. The van der Waals surface area contributed by atoms with Crippen molar-refractivity contribution < 1.29 is 0 Å². The van der Waals surface area contributed by atoms with Crippen molar-refractivity contribution >= 4 is 54.0 Å². The van der Waals surface area contributed by atoms with Gasteiger partial charge in [0, 0.05) is 39.5 Å². The number of hydrogen-bond donors (Lipinski definition) is 0. The summed E-state index contributed by atoms with van der Waals surface area (Å²) in [6.07, 6.45) is 3.71. The Morgan fingerprint density at radius 2 is 1.05 bits per heavy atom. The van der Waals surface area contributed by atoms with Crippen molar-refractivity contribution in [3.63, 3.8) is 0 Å². The highest BCUT2D eigenvalue weighted by Gasteiger charge is 2.18. The van der Waals surface area contributed by atoms with Gasteiger partial charge in [-0.05, 0) is 44.1 Å². The first-order valence-electron chi connectivity index (χ1n) is 12.9. The van der Waals surface area contributed by atoms with Gasteiger partial charge in [0.25, 0.3) is 0 Å². The van der Waals surface area contributed by atoms with Crippen molar-refractivity contribution in [2.24, 2.45) is 0 Å². The Labute approximate surface area is 219 Å². The van der Waals surface area contributed by atoms with Gasteiger partial charge in [-0.25, -0.2) is 4.98 Å². The highest BCUT2D eigenvalue weighted by Crippen LogP contribution is 2.43. The van der Waals surface area contributed by atoms with Crippen molar-refractivity contribution in [1.82, 2.24) is 9.97 Å². The summed E-state index contributed by atoms with van der Waals surface area (Å²) in [6.45, 7) is 0. The van der Waals surface area contributed by atoms with Crippen molar-refractivity contribution in [2.75, 3.05) is 0 Å². The average molecular weight is 483 g/mol. The van der Waals surface area contributed by atoms with Crippen LogP contribution in [0.25, 0.3) is 76.4 Å². The van der Waals surface area contributed by atoms with Gasteiger partial charge in [0.2, 0.25) is 0 Å². The number of rotatable bonds is 2. The van der Waals surface area contributed by atoms with E-state index in [9.17, 15) is 0 Å². The van der Waals surface area contributed by atoms with E-state index in [1.807, 2.05) is 12.3 Å². The van der Waals surface area contributed by atoms with Gasteiger partial charge in [0.15, 0.2) is 0 Å². The summed E-state index contributed by atoms with van der Waals surface area (Å²) in [5.41, 5.74) is 5.43. The lowest BCUT2D eigenvalue weighted by Crippen LogP contribution is -1.94. The minimum Gasteiger partial charge on any atom is -0.264 e. The summed E-state index contributed by atoms with van der Waals surface area (Å²) in [6, 6.07) is 43.4. The number of hydrogen-bond acceptors (Lipinski definition) is 2. The Bertz CT molecular complexity index is 2160. The zero-order valence-corrected chi connectivity index (χ0v) is 20.6. The minimum atomic E-state index is 1.01. The molecule has 0 radical (unpaired) electrons. The van der Waals surface area contributed by atoms with E-state index in [1.165, 1.54) is 48.5 Å². The highest BCUT2D eigenvalue weighted by molar-refractivity contribution is 6.35. The number of nitrogens with zero attached hydrogens (tertiary/aromatic N) is 2. The maximum absolute atomic E-state index is 5.45. The van der Waals surface area contributed by atoms with E-state index in [4.69, 9.17) is 4.98 Å². The summed E-state index contributed by atoms with van der Waals surface area (Å²) in [5, 5.41) is 11.1. The molecule has 0 atom stereocenters. The van der Waals surface area contributed by atoms with E-state index in [0.29, 0.717) is 0 Å². The molecule has 2 aromatic heterocycles. The fourth-order valence-electron chi connectivity index (χ4n) is 5.98. The fraction of sp³-hybridized carbons (Fsp3) is 0. The maximum Gasteiger partial charge on any atom is 0.0801 e. The second kappa shape index (κ2) is 8.22. The normalized spacial score (nSPS) is 11.7. The summed E-state index contributed by atoms with van der Waals surface area (Å²) < 4.78 is 0. The van der Waals surface area contributed by atoms with Crippen LogP contribution in [0.1, 0.15) is 0 Å². The van der Waals surface area contributed by atoms with Crippen LogP contribution in [0.15, 0.2) is 134 Å². The quantitative estimate of drug-likeness (QED) is 0.229. The topological polar surface area (TPSA) is 25.8 Å².